The summed E-state index contributed by atoms with van der Waals surface area (Å²) in [7, 11) is 0. The molecule has 3 rings (SSSR count). The monoisotopic (exact) mass is 374 g/mol. The van der Waals surface area contributed by atoms with E-state index >= 15 is 0 Å². The van der Waals surface area contributed by atoms with E-state index in [0.29, 0.717) is 22.9 Å². The number of aromatic nitrogens is 1. The van der Waals surface area contributed by atoms with Gasteiger partial charge in [-0.2, -0.15) is 0 Å². The molecule has 26 heavy (non-hydrogen) atoms. The van der Waals surface area contributed by atoms with E-state index in [9.17, 15) is 4.79 Å². The Balaban J connectivity index is 1.50. The van der Waals surface area contributed by atoms with Crippen molar-refractivity contribution >= 4 is 29.0 Å². The molecule has 2 aromatic rings. The van der Waals surface area contributed by atoms with E-state index in [2.05, 4.69) is 20.5 Å². The molecule has 1 aliphatic rings. The lowest BCUT2D eigenvalue weighted by Crippen LogP contribution is -2.41. The highest BCUT2D eigenvalue weighted by atomic mass is 35.5. The maximum atomic E-state index is 12.2. The van der Waals surface area contributed by atoms with Crippen LogP contribution in [0.15, 0.2) is 36.5 Å². The van der Waals surface area contributed by atoms with E-state index in [4.69, 9.17) is 16.3 Å². The highest BCUT2D eigenvalue weighted by Crippen LogP contribution is 2.22. The number of benzene rings is 1. The predicted molar refractivity (Wildman–Crippen MR) is 103 cm³/mol. The third-order valence-electron chi connectivity index (χ3n) is 4.29. The van der Waals surface area contributed by atoms with Gasteiger partial charge in [-0.3, -0.25) is 9.69 Å². The zero-order chi connectivity index (χ0) is 18.4. The number of ether oxygens (including phenoxy) is 1. The molecule has 138 valence electrons. The van der Waals surface area contributed by atoms with Crippen molar-refractivity contribution < 1.29 is 9.53 Å². The average Bonchev–Trinajstić information content (AvgIpc) is 2.65. The first kappa shape index (κ1) is 18.6. The molecular weight excluding hydrogens is 352 g/mol. The number of carbonyl (C=O) groups excluding carboxylic acids is 1. The lowest BCUT2D eigenvalue weighted by atomic mass is 10.2. The number of rotatable bonds is 6. The third-order valence-corrected chi connectivity index (χ3v) is 4.53. The van der Waals surface area contributed by atoms with Gasteiger partial charge in [0.25, 0.3) is 5.91 Å². The quantitative estimate of drug-likeness (QED) is 0.813. The van der Waals surface area contributed by atoms with Crippen LogP contribution in [0, 0.1) is 6.92 Å². The van der Waals surface area contributed by atoms with Crippen LogP contribution in [0.4, 0.5) is 11.5 Å². The molecule has 1 saturated heterocycles. The second-order valence-corrected chi connectivity index (χ2v) is 6.66. The molecule has 6 nitrogen and oxygen atoms in total. The molecular formula is C19H23ClN4O2. The highest BCUT2D eigenvalue weighted by Gasteiger charge is 2.11. The van der Waals surface area contributed by atoms with E-state index < -0.39 is 0 Å². The van der Waals surface area contributed by atoms with Gasteiger partial charge in [0.2, 0.25) is 0 Å². The van der Waals surface area contributed by atoms with Crippen molar-refractivity contribution in [3.8, 4) is 0 Å². The number of hydrogen-bond donors (Lipinski definition) is 2. The van der Waals surface area contributed by atoms with Crippen LogP contribution in [0.2, 0.25) is 5.02 Å². The van der Waals surface area contributed by atoms with Crippen molar-refractivity contribution in [2.75, 3.05) is 44.7 Å². The Labute approximate surface area is 158 Å². The molecule has 2 heterocycles. The fourth-order valence-corrected chi connectivity index (χ4v) is 2.99. The minimum atomic E-state index is -0.111. The molecule has 0 radical (unpaired) electrons. The summed E-state index contributed by atoms with van der Waals surface area (Å²) < 4.78 is 5.31. The minimum Gasteiger partial charge on any atom is -0.379 e. The Kier molecular flexibility index (Phi) is 6.44. The fourth-order valence-electron chi connectivity index (χ4n) is 2.76. The summed E-state index contributed by atoms with van der Waals surface area (Å²) >= 11 is 5.97. The van der Waals surface area contributed by atoms with Crippen LogP contribution >= 0.6 is 11.6 Å². The van der Waals surface area contributed by atoms with Crippen molar-refractivity contribution in [2.45, 2.75) is 6.92 Å². The molecule has 1 aliphatic heterocycles. The number of aryl methyl sites for hydroxylation is 1. The Bertz CT molecular complexity index is 746. The molecule has 1 amide bonds. The van der Waals surface area contributed by atoms with Gasteiger partial charge in [-0.05, 0) is 42.8 Å². The molecule has 0 aliphatic carbocycles. The van der Waals surface area contributed by atoms with Crippen molar-refractivity contribution in [1.29, 1.82) is 0 Å². The molecule has 0 bridgehead atoms. The highest BCUT2D eigenvalue weighted by molar-refractivity contribution is 6.30. The van der Waals surface area contributed by atoms with Gasteiger partial charge in [0.15, 0.2) is 0 Å². The minimum absolute atomic E-state index is 0.111. The van der Waals surface area contributed by atoms with Gasteiger partial charge >= 0.3 is 0 Å². The number of nitrogens with one attached hydrogen (secondary N) is 2. The third kappa shape index (κ3) is 5.17. The van der Waals surface area contributed by atoms with Crippen molar-refractivity contribution in [2.24, 2.45) is 0 Å². The molecule has 0 unspecified atom stereocenters. The van der Waals surface area contributed by atoms with Crippen molar-refractivity contribution in [3.05, 3.63) is 52.7 Å². The van der Waals surface area contributed by atoms with Crippen molar-refractivity contribution in [3.63, 3.8) is 0 Å². The summed E-state index contributed by atoms with van der Waals surface area (Å²) in [6, 6.07) is 9.19. The molecule has 1 aromatic heterocycles. The molecule has 0 saturated carbocycles. The number of carbonyl (C=O) groups is 1. The lowest BCUT2D eigenvalue weighted by molar-refractivity contribution is 0.0383. The number of nitrogens with zero attached hydrogens (tertiary/aromatic N) is 2. The van der Waals surface area contributed by atoms with E-state index in [1.54, 1.807) is 18.3 Å². The number of morpholine rings is 1. The van der Waals surface area contributed by atoms with Gasteiger partial charge in [0.1, 0.15) is 5.82 Å². The number of hydrogen-bond acceptors (Lipinski definition) is 5. The van der Waals surface area contributed by atoms with Crippen molar-refractivity contribution in [1.82, 2.24) is 15.2 Å². The summed E-state index contributed by atoms with van der Waals surface area (Å²) in [5, 5.41) is 6.87. The van der Waals surface area contributed by atoms with Crippen LogP contribution in [-0.4, -0.2) is 55.2 Å². The molecule has 1 fully saturated rings. The largest absolute Gasteiger partial charge is 0.379 e. The van der Waals surface area contributed by atoms with E-state index in [1.165, 1.54) is 0 Å². The van der Waals surface area contributed by atoms with Gasteiger partial charge in [0.05, 0.1) is 18.8 Å². The normalized spacial score (nSPS) is 14.8. The lowest BCUT2D eigenvalue weighted by Gasteiger charge is -2.26. The maximum absolute atomic E-state index is 12.2. The molecule has 2 N–H and O–H groups in total. The Morgan fingerprint density at radius 3 is 2.77 bits per heavy atom. The van der Waals surface area contributed by atoms with Crippen LogP contribution in [0.1, 0.15) is 15.9 Å². The summed E-state index contributed by atoms with van der Waals surface area (Å²) in [5.74, 6) is 0.570. The van der Waals surface area contributed by atoms with Gasteiger partial charge in [-0.15, -0.1) is 0 Å². The first-order chi connectivity index (χ1) is 12.6. The first-order valence-electron chi connectivity index (χ1n) is 8.69. The SMILES string of the molecule is Cc1cc(Cl)ccc1Nc1ccc(C(=O)NCCN2CCOCC2)cn1. The number of pyridine rings is 1. The zero-order valence-corrected chi connectivity index (χ0v) is 15.6. The topological polar surface area (TPSA) is 66.5 Å². The van der Waals surface area contributed by atoms with Gasteiger partial charge in [-0.25, -0.2) is 4.98 Å². The fraction of sp³-hybridized carbons (Fsp3) is 0.368. The smallest absolute Gasteiger partial charge is 0.252 e. The molecule has 0 spiro atoms. The number of anilines is 2. The van der Waals surface area contributed by atoms with Crippen LogP contribution in [0.5, 0.6) is 0 Å². The van der Waals surface area contributed by atoms with Crippen LogP contribution in [0.25, 0.3) is 0 Å². The van der Waals surface area contributed by atoms with Gasteiger partial charge in [-0.1, -0.05) is 11.6 Å². The average molecular weight is 375 g/mol. The second-order valence-electron chi connectivity index (χ2n) is 6.23. The van der Waals surface area contributed by atoms with E-state index in [0.717, 1.165) is 44.1 Å². The summed E-state index contributed by atoms with van der Waals surface area (Å²) in [5.41, 5.74) is 2.51. The summed E-state index contributed by atoms with van der Waals surface area (Å²) in [4.78, 5) is 18.8. The molecule has 1 aromatic carbocycles. The summed E-state index contributed by atoms with van der Waals surface area (Å²) in [6.07, 6.45) is 1.58. The van der Waals surface area contributed by atoms with Gasteiger partial charge in [0, 0.05) is 43.1 Å². The first-order valence-corrected chi connectivity index (χ1v) is 9.07. The maximum Gasteiger partial charge on any atom is 0.252 e. The van der Waals surface area contributed by atoms with Crippen LogP contribution in [0.3, 0.4) is 0 Å². The van der Waals surface area contributed by atoms with Crippen LogP contribution in [-0.2, 0) is 4.74 Å². The van der Waals surface area contributed by atoms with Crippen LogP contribution < -0.4 is 10.6 Å². The van der Waals surface area contributed by atoms with E-state index in [-0.39, 0.29) is 5.91 Å². The Hall–Kier alpha value is -2.15. The number of halogens is 1. The molecule has 0 atom stereocenters. The molecule has 7 heteroatoms. The predicted octanol–water partition coefficient (Wildman–Crippen LogP) is 2.85. The Morgan fingerprint density at radius 2 is 2.08 bits per heavy atom. The number of amides is 1. The zero-order valence-electron chi connectivity index (χ0n) is 14.8. The van der Waals surface area contributed by atoms with E-state index in [1.807, 2.05) is 25.1 Å². The summed E-state index contributed by atoms with van der Waals surface area (Å²) in [6.45, 7) is 6.79. The van der Waals surface area contributed by atoms with Gasteiger partial charge < -0.3 is 15.4 Å². The Morgan fingerprint density at radius 1 is 1.27 bits per heavy atom. The standard InChI is InChI=1S/C19H23ClN4O2/c1-14-12-16(20)3-4-17(14)23-18-5-2-15(13-22-18)19(25)21-6-7-24-8-10-26-11-9-24/h2-5,12-13H,6-11H2,1H3,(H,21,25)(H,22,23). The second kappa shape index (κ2) is 8.98.